The second-order valence-electron chi connectivity index (χ2n) is 8.63. The third-order valence-electron chi connectivity index (χ3n) is 5.98. The van der Waals surface area contributed by atoms with Gasteiger partial charge in [0, 0.05) is 23.4 Å². The smallest absolute Gasteiger partial charge is 0.430 e. The van der Waals surface area contributed by atoms with Crippen LogP contribution in [-0.2, 0) is 24.3 Å². The predicted molar refractivity (Wildman–Crippen MR) is 130 cm³/mol. The van der Waals surface area contributed by atoms with E-state index < -0.39 is 29.8 Å². The van der Waals surface area contributed by atoms with Gasteiger partial charge in [-0.15, -0.1) is 5.10 Å². The van der Waals surface area contributed by atoms with Crippen LogP contribution in [0.2, 0.25) is 10.2 Å². The first kappa shape index (κ1) is 29.5. The lowest BCUT2D eigenvalue weighted by atomic mass is 10.0. The lowest BCUT2D eigenvalue weighted by molar-refractivity contribution is -0.712. The standard InChI is InChI=1S/C21H16Cl2FN7O3.C2HF3O2/c22-13-7-15-20(33)26-8-11(31(15)17(13)23)5-10-1-2-14(24)12(6-10)21(34)29-3-4-30-16(9-29)27-28-19(30)18(25)32;3-2(4,5)1(6)7/h1-2,6-8H,3-5,9H2,(H3,25,26,32,33);(H,6,7). The molecule has 1 aliphatic rings. The Morgan fingerprint density at radius 2 is 1.88 bits per heavy atom. The number of benzene rings is 1. The molecule has 0 bridgehead atoms. The maximum atomic E-state index is 14.7. The van der Waals surface area contributed by atoms with Crippen molar-refractivity contribution in [2.24, 2.45) is 5.73 Å². The summed E-state index contributed by atoms with van der Waals surface area (Å²) in [6, 6.07) is 5.72. The van der Waals surface area contributed by atoms with Crippen LogP contribution >= 0.6 is 23.2 Å². The number of carboxylic acid groups (broad SMARTS) is 1. The molecule has 216 valence electrons. The van der Waals surface area contributed by atoms with Gasteiger partial charge in [-0.25, -0.2) is 8.96 Å². The fourth-order valence-electron chi connectivity index (χ4n) is 4.12. The second kappa shape index (κ2) is 11.2. The molecule has 0 atom stereocenters. The summed E-state index contributed by atoms with van der Waals surface area (Å²) in [6.45, 7) is 0.651. The molecule has 4 heterocycles. The third-order valence-corrected chi connectivity index (χ3v) is 6.74. The van der Waals surface area contributed by atoms with E-state index in [0.29, 0.717) is 23.6 Å². The Morgan fingerprint density at radius 1 is 1.20 bits per heavy atom. The van der Waals surface area contributed by atoms with Gasteiger partial charge in [-0.1, -0.05) is 29.3 Å². The number of hydrogen-bond donors (Lipinski definition) is 3. The number of aromatic amines is 2. The fraction of sp³-hybridized carbons (Fsp3) is 0.217. The number of hydrogen-bond acceptors (Lipinski definition) is 6. The highest BCUT2D eigenvalue weighted by atomic mass is 35.5. The number of carbonyl (C=O) groups is 3. The van der Waals surface area contributed by atoms with E-state index in [9.17, 15) is 31.9 Å². The van der Waals surface area contributed by atoms with Crippen molar-refractivity contribution in [3.8, 4) is 0 Å². The van der Waals surface area contributed by atoms with E-state index in [1.54, 1.807) is 10.6 Å². The zero-order valence-electron chi connectivity index (χ0n) is 20.4. The first-order valence-corrected chi connectivity index (χ1v) is 12.1. The summed E-state index contributed by atoms with van der Waals surface area (Å²) >= 11 is 12.4. The van der Waals surface area contributed by atoms with Crippen LogP contribution in [0.3, 0.4) is 0 Å². The number of fused-ring (bicyclic) bond motifs is 2. The van der Waals surface area contributed by atoms with Gasteiger partial charge in [0.1, 0.15) is 29.0 Å². The molecule has 0 aliphatic carbocycles. The summed E-state index contributed by atoms with van der Waals surface area (Å²) in [5.41, 5.74) is 6.37. The average Bonchev–Trinajstić information content (AvgIpc) is 3.47. The molecule has 0 unspecified atom stereocenters. The van der Waals surface area contributed by atoms with Crippen molar-refractivity contribution in [2.75, 3.05) is 6.54 Å². The van der Waals surface area contributed by atoms with Gasteiger partial charge in [-0.05, 0) is 23.8 Å². The van der Waals surface area contributed by atoms with Crippen LogP contribution in [0.5, 0.6) is 0 Å². The van der Waals surface area contributed by atoms with Crippen molar-refractivity contribution < 1.29 is 41.6 Å². The first-order chi connectivity index (χ1) is 19.2. The molecular formula is C23H17Cl2F4N7O5. The molecule has 5 rings (SSSR count). The number of carbonyl (C=O) groups excluding carboxylic acids is 3. The predicted octanol–water partition coefficient (Wildman–Crippen LogP) is 0.728. The molecule has 2 amide bonds. The van der Waals surface area contributed by atoms with Gasteiger partial charge < -0.3 is 25.5 Å². The molecule has 4 N–H and O–H groups in total. The van der Waals surface area contributed by atoms with E-state index in [2.05, 4.69) is 15.2 Å². The summed E-state index contributed by atoms with van der Waals surface area (Å²) in [7, 11) is 0. The third kappa shape index (κ3) is 6.02. The Labute approximate surface area is 235 Å². The Bertz CT molecular complexity index is 1750. The monoisotopic (exact) mass is 617 g/mol. The van der Waals surface area contributed by atoms with Crippen LogP contribution in [0.1, 0.15) is 38.1 Å². The molecule has 4 aromatic rings. The largest absolute Gasteiger partial charge is 0.542 e. The van der Waals surface area contributed by atoms with E-state index >= 15 is 0 Å². The van der Waals surface area contributed by atoms with E-state index in [0.717, 1.165) is 0 Å². The van der Waals surface area contributed by atoms with Gasteiger partial charge in [-0.2, -0.15) is 13.2 Å². The molecule has 3 aromatic heterocycles. The Morgan fingerprint density at radius 3 is 2.51 bits per heavy atom. The summed E-state index contributed by atoms with van der Waals surface area (Å²) in [5.74, 6) is -4.27. The molecule has 0 fully saturated rings. The lowest BCUT2D eigenvalue weighted by Gasteiger charge is -2.25. The van der Waals surface area contributed by atoms with E-state index in [1.165, 1.54) is 33.7 Å². The minimum absolute atomic E-state index is 0.0753. The van der Waals surface area contributed by atoms with Crippen molar-refractivity contribution in [3.05, 3.63) is 85.3 Å². The number of halogens is 6. The van der Waals surface area contributed by atoms with Gasteiger partial charge >= 0.3 is 17.9 Å². The van der Waals surface area contributed by atoms with Crippen LogP contribution < -0.4 is 21.0 Å². The molecule has 1 aromatic carbocycles. The normalized spacial score (nSPS) is 13.0. The first-order valence-electron chi connectivity index (χ1n) is 11.4. The van der Waals surface area contributed by atoms with Crippen molar-refractivity contribution >= 4 is 46.5 Å². The van der Waals surface area contributed by atoms with Gasteiger partial charge in [0.25, 0.3) is 17.3 Å². The molecule has 12 nitrogen and oxygen atoms in total. The summed E-state index contributed by atoms with van der Waals surface area (Å²) in [5, 5.41) is 15.8. The van der Waals surface area contributed by atoms with Crippen LogP contribution in [0, 0.1) is 5.82 Å². The number of rotatable bonds is 4. The van der Waals surface area contributed by atoms with E-state index in [-0.39, 0.29) is 52.1 Å². The van der Waals surface area contributed by atoms with Crippen LogP contribution in [0.15, 0.2) is 35.3 Å². The maximum Gasteiger partial charge on any atom is 0.430 e. The van der Waals surface area contributed by atoms with Crippen LogP contribution in [-0.4, -0.2) is 55.0 Å². The molecule has 0 radical (unpaired) electrons. The molecule has 1 aliphatic heterocycles. The van der Waals surface area contributed by atoms with Crippen LogP contribution in [0.4, 0.5) is 17.6 Å². The average molecular weight is 618 g/mol. The molecule has 0 spiro atoms. The van der Waals surface area contributed by atoms with Gasteiger partial charge in [0.2, 0.25) is 0 Å². The van der Waals surface area contributed by atoms with Crippen molar-refractivity contribution in [1.29, 1.82) is 0 Å². The van der Waals surface area contributed by atoms with Gasteiger partial charge in [0.05, 0.1) is 23.7 Å². The number of primary amides is 1. The number of amides is 2. The molecule has 18 heteroatoms. The Hall–Kier alpha value is -4.44. The highest BCUT2D eigenvalue weighted by Gasteiger charge is 2.33. The minimum atomic E-state index is -5.19. The molecule has 0 saturated carbocycles. The summed E-state index contributed by atoms with van der Waals surface area (Å²) in [6.07, 6.45) is -3.44. The van der Waals surface area contributed by atoms with Crippen LogP contribution in [0.25, 0.3) is 5.52 Å². The summed E-state index contributed by atoms with van der Waals surface area (Å²) < 4.78 is 49.3. The SMILES string of the molecule is NC(=O)c1n[nH]c2[n+]1CCN(C(=O)c1cc(Cc3c[nH]c(=O)c4cc(Cl)c(Cl)n34)ccc1F)C2.O=C([O-])C(F)(F)F. The van der Waals surface area contributed by atoms with E-state index in [1.807, 2.05) is 0 Å². The van der Waals surface area contributed by atoms with Gasteiger partial charge in [0.15, 0.2) is 0 Å². The summed E-state index contributed by atoms with van der Waals surface area (Å²) in [4.78, 5) is 49.6. The molecule has 0 saturated heterocycles. The number of nitrogens with two attached hydrogens (primary N) is 1. The number of nitrogens with one attached hydrogen (secondary N) is 2. The number of carboxylic acids is 1. The maximum absolute atomic E-state index is 14.7. The molecular weight excluding hydrogens is 601 g/mol. The van der Waals surface area contributed by atoms with E-state index in [4.69, 9.17) is 38.8 Å². The number of nitrogens with zero attached hydrogens (tertiary/aromatic N) is 4. The zero-order valence-corrected chi connectivity index (χ0v) is 21.9. The lowest BCUT2D eigenvalue weighted by Crippen LogP contribution is -2.54. The quantitative estimate of drug-likeness (QED) is 0.225. The van der Waals surface area contributed by atoms with Crippen molar-refractivity contribution in [1.82, 2.24) is 24.5 Å². The fourth-order valence-corrected chi connectivity index (χ4v) is 4.56. The number of aromatic nitrogens is 5. The highest BCUT2D eigenvalue weighted by Crippen LogP contribution is 2.27. The number of alkyl halides is 3. The van der Waals surface area contributed by atoms with Crippen molar-refractivity contribution in [2.45, 2.75) is 25.7 Å². The zero-order chi connectivity index (χ0) is 30.2. The second-order valence-corrected chi connectivity index (χ2v) is 9.39. The van der Waals surface area contributed by atoms with Crippen molar-refractivity contribution in [3.63, 3.8) is 0 Å². The minimum Gasteiger partial charge on any atom is -0.542 e. The highest BCUT2D eigenvalue weighted by molar-refractivity contribution is 6.42. The van der Waals surface area contributed by atoms with Gasteiger partial charge in [-0.3, -0.25) is 18.8 Å². The number of aliphatic carboxylic acids is 1. The molecule has 41 heavy (non-hydrogen) atoms. The Balaban J connectivity index is 0.000000493. The topological polar surface area (TPSA) is 173 Å². The Kier molecular flexibility index (Phi) is 8.08. The number of H-pyrrole nitrogens is 2.